The third-order valence-electron chi connectivity index (χ3n) is 5.72. The van der Waals surface area contributed by atoms with Crippen LogP contribution in [0.2, 0.25) is 0 Å². The average molecular weight is 304 g/mol. The number of fused-ring (bicyclic) bond motifs is 9. The number of hydrogen-bond donors (Lipinski definition) is 0. The van der Waals surface area contributed by atoms with Gasteiger partial charge >= 0.3 is 0 Å². The van der Waals surface area contributed by atoms with Gasteiger partial charge in [0.1, 0.15) is 0 Å². The highest BCUT2D eigenvalue weighted by Crippen LogP contribution is 2.47. The zero-order chi connectivity index (χ0) is 15.7. The lowest BCUT2D eigenvalue weighted by Gasteiger charge is -2.12. The normalized spacial score (nSPS) is 13.5. The lowest BCUT2D eigenvalue weighted by Crippen LogP contribution is -1.89. The van der Waals surface area contributed by atoms with Crippen molar-refractivity contribution in [3.05, 3.63) is 95.1 Å². The minimum Gasteiger partial charge on any atom is -0.0619 e. The Hall–Kier alpha value is -2.86. The SMILES string of the molecule is c1ccc2c(c1)Cc1c-2ccc2ccc3c(c12)-c1ccccc1C3. The number of hydrogen-bond acceptors (Lipinski definition) is 0. The van der Waals surface area contributed by atoms with Gasteiger partial charge in [-0.25, -0.2) is 0 Å². The molecular formula is C24H16. The molecule has 0 radical (unpaired) electrons. The molecule has 2 aliphatic rings. The summed E-state index contributed by atoms with van der Waals surface area (Å²) in [5, 5.41) is 2.85. The lowest BCUT2D eigenvalue weighted by atomic mass is 9.91. The van der Waals surface area contributed by atoms with E-state index in [1.807, 2.05) is 0 Å². The Kier molecular flexibility index (Phi) is 2.28. The maximum absolute atomic E-state index is 2.33. The summed E-state index contributed by atoms with van der Waals surface area (Å²) in [5.74, 6) is 0. The molecule has 0 unspecified atom stereocenters. The van der Waals surface area contributed by atoms with Gasteiger partial charge in [0.15, 0.2) is 0 Å². The van der Waals surface area contributed by atoms with E-state index >= 15 is 0 Å². The van der Waals surface area contributed by atoms with Crippen molar-refractivity contribution in [3.8, 4) is 22.3 Å². The van der Waals surface area contributed by atoms with Gasteiger partial charge in [-0.2, -0.15) is 0 Å². The standard InChI is InChI=1S/C24H16/c1-3-7-19-17(6-1)14-22-21(19)12-11-15-9-10-18-13-16-5-2-4-8-20(16)24(18)23(15)22/h1-12H,13-14H2. The molecule has 0 spiro atoms. The minimum absolute atomic E-state index is 1.06. The van der Waals surface area contributed by atoms with E-state index in [0.717, 1.165) is 12.8 Å². The monoisotopic (exact) mass is 304 g/mol. The maximum atomic E-state index is 2.33. The van der Waals surface area contributed by atoms with Gasteiger partial charge in [0.2, 0.25) is 0 Å². The summed E-state index contributed by atoms with van der Waals surface area (Å²) in [6, 6.07) is 27.0. The van der Waals surface area contributed by atoms with Gasteiger partial charge in [-0.05, 0) is 68.1 Å². The second kappa shape index (κ2) is 4.36. The van der Waals surface area contributed by atoms with Crippen LogP contribution in [0.5, 0.6) is 0 Å². The number of rotatable bonds is 0. The van der Waals surface area contributed by atoms with E-state index in [9.17, 15) is 0 Å². The predicted molar refractivity (Wildman–Crippen MR) is 100 cm³/mol. The van der Waals surface area contributed by atoms with Gasteiger partial charge in [-0.3, -0.25) is 0 Å². The largest absolute Gasteiger partial charge is 0.0619 e. The van der Waals surface area contributed by atoms with Crippen LogP contribution in [0.15, 0.2) is 72.8 Å². The molecule has 0 heteroatoms. The molecule has 0 fully saturated rings. The first-order chi connectivity index (χ1) is 11.9. The van der Waals surface area contributed by atoms with Gasteiger partial charge in [-0.1, -0.05) is 72.8 Å². The van der Waals surface area contributed by atoms with Gasteiger partial charge in [-0.15, -0.1) is 0 Å². The van der Waals surface area contributed by atoms with Gasteiger partial charge in [0.25, 0.3) is 0 Å². The molecule has 0 amide bonds. The molecule has 4 aromatic carbocycles. The highest BCUT2D eigenvalue weighted by molar-refractivity contribution is 6.06. The minimum atomic E-state index is 1.06. The predicted octanol–water partition coefficient (Wildman–Crippen LogP) is 5.98. The van der Waals surface area contributed by atoms with Crippen molar-refractivity contribution in [1.29, 1.82) is 0 Å². The summed E-state index contributed by atoms with van der Waals surface area (Å²) in [5.41, 5.74) is 11.7. The lowest BCUT2D eigenvalue weighted by molar-refractivity contribution is 1.26. The molecule has 0 heterocycles. The topological polar surface area (TPSA) is 0 Å². The van der Waals surface area contributed by atoms with Crippen molar-refractivity contribution < 1.29 is 0 Å². The first kappa shape index (κ1) is 12.5. The highest BCUT2D eigenvalue weighted by Gasteiger charge is 2.26. The Labute approximate surface area is 141 Å². The fourth-order valence-corrected chi connectivity index (χ4v) is 4.68. The second-order valence-corrected chi connectivity index (χ2v) is 6.96. The Morgan fingerprint density at radius 2 is 1.21 bits per heavy atom. The van der Waals surface area contributed by atoms with E-state index in [-0.39, 0.29) is 0 Å². The molecule has 0 aliphatic heterocycles. The summed E-state index contributed by atoms with van der Waals surface area (Å²) in [4.78, 5) is 0. The third kappa shape index (κ3) is 1.48. The Morgan fingerprint density at radius 3 is 2.08 bits per heavy atom. The van der Waals surface area contributed by atoms with E-state index in [1.165, 1.54) is 55.3 Å². The van der Waals surface area contributed by atoms with E-state index in [2.05, 4.69) is 72.8 Å². The molecule has 24 heavy (non-hydrogen) atoms. The quantitative estimate of drug-likeness (QED) is 0.324. The molecule has 0 N–H and O–H groups in total. The van der Waals surface area contributed by atoms with Crippen LogP contribution in [0.25, 0.3) is 33.0 Å². The molecule has 0 saturated heterocycles. The van der Waals surface area contributed by atoms with Crippen LogP contribution in [0, 0.1) is 0 Å². The first-order valence-electron chi connectivity index (χ1n) is 8.64. The molecule has 4 aromatic rings. The first-order valence-corrected chi connectivity index (χ1v) is 8.64. The Balaban J connectivity index is 1.76. The van der Waals surface area contributed by atoms with E-state index < -0.39 is 0 Å². The van der Waals surface area contributed by atoms with Crippen LogP contribution >= 0.6 is 0 Å². The van der Waals surface area contributed by atoms with Crippen LogP contribution in [0.4, 0.5) is 0 Å². The summed E-state index contributed by atoms with van der Waals surface area (Å²) < 4.78 is 0. The molecule has 0 atom stereocenters. The molecule has 0 saturated carbocycles. The highest BCUT2D eigenvalue weighted by atomic mass is 14.3. The summed E-state index contributed by atoms with van der Waals surface area (Å²) >= 11 is 0. The smallest absolute Gasteiger partial charge is 0.000706 e. The summed E-state index contributed by atoms with van der Waals surface area (Å²) in [6.45, 7) is 0. The van der Waals surface area contributed by atoms with Crippen molar-refractivity contribution in [3.63, 3.8) is 0 Å². The molecule has 6 rings (SSSR count). The zero-order valence-electron chi connectivity index (χ0n) is 13.3. The Bertz CT molecular complexity index is 1150. The van der Waals surface area contributed by atoms with Crippen molar-refractivity contribution in [2.75, 3.05) is 0 Å². The van der Waals surface area contributed by atoms with Crippen molar-refractivity contribution in [2.45, 2.75) is 12.8 Å². The molecule has 0 bridgehead atoms. The van der Waals surface area contributed by atoms with E-state index in [0.29, 0.717) is 0 Å². The van der Waals surface area contributed by atoms with Crippen LogP contribution < -0.4 is 0 Å². The molecule has 0 aromatic heterocycles. The summed E-state index contributed by atoms with van der Waals surface area (Å²) in [7, 11) is 0. The van der Waals surface area contributed by atoms with Crippen LogP contribution in [-0.2, 0) is 12.8 Å². The number of benzene rings is 4. The average Bonchev–Trinajstić information content (AvgIpc) is 3.19. The fourth-order valence-electron chi connectivity index (χ4n) is 4.68. The molecule has 112 valence electrons. The maximum Gasteiger partial charge on any atom is -0.000706 e. The van der Waals surface area contributed by atoms with Crippen LogP contribution in [-0.4, -0.2) is 0 Å². The molecule has 2 aliphatic carbocycles. The van der Waals surface area contributed by atoms with Crippen LogP contribution in [0.3, 0.4) is 0 Å². The fraction of sp³-hybridized carbons (Fsp3) is 0.0833. The van der Waals surface area contributed by atoms with Crippen molar-refractivity contribution in [2.24, 2.45) is 0 Å². The van der Waals surface area contributed by atoms with Crippen LogP contribution in [0.1, 0.15) is 22.3 Å². The van der Waals surface area contributed by atoms with E-state index in [1.54, 1.807) is 0 Å². The van der Waals surface area contributed by atoms with Gasteiger partial charge in [0, 0.05) is 0 Å². The Morgan fingerprint density at radius 1 is 0.500 bits per heavy atom. The van der Waals surface area contributed by atoms with Gasteiger partial charge in [0.05, 0.1) is 0 Å². The molecular weight excluding hydrogens is 288 g/mol. The van der Waals surface area contributed by atoms with Gasteiger partial charge < -0.3 is 0 Å². The zero-order valence-corrected chi connectivity index (χ0v) is 13.3. The van der Waals surface area contributed by atoms with E-state index in [4.69, 9.17) is 0 Å². The molecule has 0 nitrogen and oxygen atoms in total. The third-order valence-corrected chi connectivity index (χ3v) is 5.72. The second-order valence-electron chi connectivity index (χ2n) is 6.96. The summed E-state index contributed by atoms with van der Waals surface area (Å²) in [6.07, 6.45) is 2.12. The van der Waals surface area contributed by atoms with Crippen molar-refractivity contribution in [1.82, 2.24) is 0 Å². The van der Waals surface area contributed by atoms with Crippen molar-refractivity contribution >= 4 is 10.8 Å².